The minimum absolute atomic E-state index is 0.156. The summed E-state index contributed by atoms with van der Waals surface area (Å²) < 4.78 is 10.9. The first-order chi connectivity index (χ1) is 14.3. The fourth-order valence-electron chi connectivity index (χ4n) is 4.33. The van der Waals surface area contributed by atoms with Gasteiger partial charge in [-0.25, -0.2) is 0 Å². The van der Waals surface area contributed by atoms with E-state index < -0.39 is 0 Å². The molecular weight excluding hydrogens is 404 g/mol. The number of ether oxygens (including phenoxy) is 1. The van der Waals surface area contributed by atoms with Crippen molar-refractivity contribution in [2.75, 3.05) is 31.6 Å². The molecule has 2 aliphatic rings. The van der Waals surface area contributed by atoms with Crippen LogP contribution in [0.4, 0.5) is 5.00 Å². The number of fused-ring (bicyclic) bond motifs is 1. The maximum absolute atomic E-state index is 12.8. The second kappa shape index (κ2) is 8.44. The van der Waals surface area contributed by atoms with Crippen LogP contribution in [0.25, 0.3) is 0 Å². The second-order valence-electron chi connectivity index (χ2n) is 7.45. The van der Waals surface area contributed by atoms with Crippen molar-refractivity contribution < 1.29 is 13.9 Å². The molecule has 1 amide bonds. The molecule has 1 N–H and O–H groups in total. The summed E-state index contributed by atoms with van der Waals surface area (Å²) in [4.78, 5) is 18.1. The summed E-state index contributed by atoms with van der Waals surface area (Å²) in [5.41, 5.74) is 2.73. The van der Waals surface area contributed by atoms with Crippen molar-refractivity contribution in [2.45, 2.75) is 31.7 Å². The third-order valence-electron chi connectivity index (χ3n) is 5.68. The normalized spacial score (nSPS) is 18.3. The lowest BCUT2D eigenvalue weighted by molar-refractivity contribution is 0.0245. The van der Waals surface area contributed by atoms with Crippen LogP contribution in [0.1, 0.15) is 50.3 Å². The molecule has 1 fully saturated rings. The molecule has 1 saturated heterocycles. The first-order valence-corrected chi connectivity index (χ1v) is 11.9. The van der Waals surface area contributed by atoms with Gasteiger partial charge in [-0.05, 0) is 54.8 Å². The Balaban J connectivity index is 1.58. The molecule has 1 aliphatic heterocycles. The van der Waals surface area contributed by atoms with Gasteiger partial charge in [0.25, 0.3) is 5.91 Å². The molecule has 3 aromatic heterocycles. The number of hydrogen-bond acceptors (Lipinski definition) is 6. The molecule has 29 heavy (non-hydrogen) atoms. The molecule has 4 heterocycles. The molecule has 0 radical (unpaired) electrons. The molecule has 1 unspecified atom stereocenters. The Morgan fingerprint density at radius 3 is 2.76 bits per heavy atom. The van der Waals surface area contributed by atoms with E-state index in [0.29, 0.717) is 5.76 Å². The van der Waals surface area contributed by atoms with Gasteiger partial charge in [0.2, 0.25) is 0 Å². The number of morpholine rings is 1. The van der Waals surface area contributed by atoms with Crippen molar-refractivity contribution in [3.05, 3.63) is 62.6 Å². The molecule has 152 valence electrons. The number of hydrogen-bond donors (Lipinski definition) is 1. The average molecular weight is 429 g/mol. The van der Waals surface area contributed by atoms with Gasteiger partial charge in [-0.1, -0.05) is 6.07 Å². The van der Waals surface area contributed by atoms with Crippen molar-refractivity contribution in [1.82, 2.24) is 4.90 Å². The van der Waals surface area contributed by atoms with E-state index in [2.05, 4.69) is 27.7 Å². The number of carbonyl (C=O) groups is 1. The largest absolute Gasteiger partial charge is 0.459 e. The Kier molecular flexibility index (Phi) is 5.54. The molecule has 0 spiro atoms. The highest BCUT2D eigenvalue weighted by molar-refractivity contribution is 7.16. The fraction of sp³-hybridized carbons (Fsp3) is 0.409. The molecule has 0 bridgehead atoms. The summed E-state index contributed by atoms with van der Waals surface area (Å²) >= 11 is 3.54. The zero-order valence-corrected chi connectivity index (χ0v) is 17.8. The number of amides is 1. The van der Waals surface area contributed by atoms with Gasteiger partial charge in [0.05, 0.1) is 25.5 Å². The van der Waals surface area contributed by atoms with Crippen LogP contribution >= 0.6 is 22.7 Å². The average Bonchev–Trinajstić information content (AvgIpc) is 3.52. The fourth-order valence-corrected chi connectivity index (χ4v) is 6.52. The Morgan fingerprint density at radius 1 is 1.14 bits per heavy atom. The first kappa shape index (κ1) is 19.1. The smallest absolute Gasteiger partial charge is 0.291 e. The van der Waals surface area contributed by atoms with Crippen LogP contribution in [0.5, 0.6) is 0 Å². The van der Waals surface area contributed by atoms with Crippen LogP contribution in [-0.2, 0) is 17.6 Å². The monoisotopic (exact) mass is 428 g/mol. The Hall–Kier alpha value is -1.93. The molecule has 1 atom stereocenters. The van der Waals surface area contributed by atoms with E-state index in [1.54, 1.807) is 34.8 Å². The van der Waals surface area contributed by atoms with Crippen LogP contribution in [0.3, 0.4) is 0 Å². The SMILES string of the molecule is O=C(Nc1sc2c(c1C(c1cccs1)N1CCOCC1)CCCC2)c1ccco1. The van der Waals surface area contributed by atoms with Crippen LogP contribution < -0.4 is 5.32 Å². The zero-order chi connectivity index (χ0) is 19.6. The van der Waals surface area contributed by atoms with Crippen molar-refractivity contribution in [2.24, 2.45) is 0 Å². The summed E-state index contributed by atoms with van der Waals surface area (Å²) in [6.07, 6.45) is 6.16. The lowest BCUT2D eigenvalue weighted by atomic mass is 9.91. The van der Waals surface area contributed by atoms with Gasteiger partial charge in [0, 0.05) is 28.4 Å². The standard InChI is InChI=1S/C22H24N2O3S2/c25-21(16-6-3-11-27-16)23-22-19(15-5-1-2-7-17(15)29-22)20(18-8-4-14-28-18)24-9-12-26-13-10-24/h3-4,6,8,11,14,20H,1-2,5,7,9-10,12-13H2,(H,23,25). The first-order valence-electron chi connectivity index (χ1n) is 10.2. The topological polar surface area (TPSA) is 54.7 Å². The third-order valence-corrected chi connectivity index (χ3v) is 7.83. The summed E-state index contributed by atoms with van der Waals surface area (Å²) in [6.45, 7) is 3.31. The third kappa shape index (κ3) is 3.80. The summed E-state index contributed by atoms with van der Waals surface area (Å²) in [7, 11) is 0. The molecular formula is C22H24N2O3S2. The summed E-state index contributed by atoms with van der Waals surface area (Å²) in [6, 6.07) is 7.95. The molecule has 3 aromatic rings. The number of anilines is 1. The summed E-state index contributed by atoms with van der Waals surface area (Å²) in [5.74, 6) is 0.170. The number of nitrogens with one attached hydrogen (secondary N) is 1. The van der Waals surface area contributed by atoms with Gasteiger partial charge in [0.1, 0.15) is 5.00 Å². The van der Waals surface area contributed by atoms with E-state index in [4.69, 9.17) is 9.15 Å². The predicted octanol–water partition coefficient (Wildman–Crippen LogP) is 4.96. The maximum Gasteiger partial charge on any atom is 0.291 e. The molecule has 0 saturated carbocycles. The quantitative estimate of drug-likeness (QED) is 0.624. The molecule has 1 aliphatic carbocycles. The minimum atomic E-state index is -0.179. The maximum atomic E-state index is 12.8. The number of thiophene rings is 2. The second-order valence-corrected chi connectivity index (χ2v) is 9.54. The van der Waals surface area contributed by atoms with E-state index in [1.807, 2.05) is 0 Å². The highest BCUT2D eigenvalue weighted by atomic mass is 32.1. The molecule has 5 rings (SSSR count). The Bertz CT molecular complexity index is 957. The van der Waals surface area contributed by atoms with Crippen LogP contribution in [0, 0.1) is 0 Å². The van der Waals surface area contributed by atoms with Gasteiger partial charge in [-0.3, -0.25) is 9.69 Å². The van der Waals surface area contributed by atoms with E-state index in [0.717, 1.165) is 44.1 Å². The zero-order valence-electron chi connectivity index (χ0n) is 16.2. The molecule has 7 heteroatoms. The highest BCUT2D eigenvalue weighted by Crippen LogP contribution is 2.46. The highest BCUT2D eigenvalue weighted by Gasteiger charge is 2.33. The lowest BCUT2D eigenvalue weighted by Crippen LogP contribution is -2.39. The van der Waals surface area contributed by atoms with E-state index >= 15 is 0 Å². The number of carbonyl (C=O) groups excluding carboxylic acids is 1. The lowest BCUT2D eigenvalue weighted by Gasteiger charge is -2.35. The summed E-state index contributed by atoms with van der Waals surface area (Å²) in [5, 5.41) is 6.30. The van der Waals surface area contributed by atoms with E-state index in [-0.39, 0.29) is 11.9 Å². The van der Waals surface area contributed by atoms with Crippen molar-refractivity contribution in [1.29, 1.82) is 0 Å². The minimum Gasteiger partial charge on any atom is -0.459 e. The number of furan rings is 1. The Morgan fingerprint density at radius 2 is 2.00 bits per heavy atom. The van der Waals surface area contributed by atoms with Crippen molar-refractivity contribution in [3.8, 4) is 0 Å². The van der Waals surface area contributed by atoms with Crippen LogP contribution in [0.15, 0.2) is 40.3 Å². The van der Waals surface area contributed by atoms with E-state index in [1.165, 1.54) is 40.0 Å². The number of nitrogens with zero attached hydrogens (tertiary/aromatic N) is 1. The van der Waals surface area contributed by atoms with Gasteiger partial charge >= 0.3 is 0 Å². The van der Waals surface area contributed by atoms with Gasteiger partial charge in [0.15, 0.2) is 5.76 Å². The van der Waals surface area contributed by atoms with E-state index in [9.17, 15) is 4.79 Å². The number of rotatable bonds is 5. The Labute approximate surface area is 178 Å². The molecule has 0 aromatic carbocycles. The van der Waals surface area contributed by atoms with Crippen LogP contribution in [-0.4, -0.2) is 37.1 Å². The molecule has 5 nitrogen and oxygen atoms in total. The predicted molar refractivity (Wildman–Crippen MR) is 116 cm³/mol. The van der Waals surface area contributed by atoms with Crippen LogP contribution in [0.2, 0.25) is 0 Å². The van der Waals surface area contributed by atoms with Gasteiger partial charge < -0.3 is 14.5 Å². The van der Waals surface area contributed by atoms with Crippen molar-refractivity contribution in [3.63, 3.8) is 0 Å². The van der Waals surface area contributed by atoms with Gasteiger partial charge in [-0.15, -0.1) is 22.7 Å². The number of aryl methyl sites for hydroxylation is 1. The van der Waals surface area contributed by atoms with Crippen molar-refractivity contribution >= 4 is 33.6 Å². The van der Waals surface area contributed by atoms with Gasteiger partial charge in [-0.2, -0.15) is 0 Å².